The molecule has 0 radical (unpaired) electrons. The minimum absolute atomic E-state index is 0.347. The van der Waals surface area contributed by atoms with E-state index in [9.17, 15) is 8.42 Å². The molecule has 1 aromatic rings. The number of sulfonamides is 1. The van der Waals surface area contributed by atoms with E-state index in [0.29, 0.717) is 18.0 Å². The van der Waals surface area contributed by atoms with Crippen molar-refractivity contribution < 1.29 is 8.42 Å². The Kier molecular flexibility index (Phi) is 2.58. The molecule has 1 aliphatic rings. The van der Waals surface area contributed by atoms with Gasteiger partial charge < -0.3 is 10.3 Å². The topological polar surface area (TPSA) is 65.2 Å². The lowest BCUT2D eigenvalue weighted by Crippen LogP contribution is -2.46. The molecule has 2 heterocycles. The van der Waals surface area contributed by atoms with Crippen LogP contribution in [0.15, 0.2) is 23.4 Å². The van der Waals surface area contributed by atoms with Gasteiger partial charge in [0.25, 0.3) is 0 Å². The maximum Gasteiger partial charge on any atom is 0.244 e. The van der Waals surface area contributed by atoms with Crippen LogP contribution in [0.5, 0.6) is 0 Å². The summed E-state index contributed by atoms with van der Waals surface area (Å²) < 4.78 is 25.4. The molecule has 6 heteroatoms. The van der Waals surface area contributed by atoms with Gasteiger partial charge >= 0.3 is 0 Å². The molecule has 1 aromatic heterocycles. The van der Waals surface area contributed by atoms with Crippen LogP contribution < -0.4 is 5.32 Å². The first-order valence-corrected chi connectivity index (χ1v) is 5.99. The van der Waals surface area contributed by atoms with E-state index >= 15 is 0 Å². The molecule has 1 aliphatic heterocycles. The highest BCUT2D eigenvalue weighted by molar-refractivity contribution is 7.89. The zero-order valence-electron chi connectivity index (χ0n) is 7.73. The summed E-state index contributed by atoms with van der Waals surface area (Å²) in [5, 5.41) is 3.12. The smallest absolute Gasteiger partial charge is 0.244 e. The minimum atomic E-state index is -3.26. The van der Waals surface area contributed by atoms with Crippen molar-refractivity contribution in [2.45, 2.75) is 4.90 Å². The molecule has 0 aromatic carbocycles. The Labute approximate surface area is 83.2 Å². The lowest BCUT2D eigenvalue weighted by atomic mass is 10.4. The highest BCUT2D eigenvalue weighted by Crippen LogP contribution is 2.14. The van der Waals surface area contributed by atoms with Crippen molar-refractivity contribution in [2.75, 3.05) is 26.2 Å². The molecule has 78 valence electrons. The van der Waals surface area contributed by atoms with E-state index in [1.807, 2.05) is 0 Å². The standard InChI is InChI=1S/C8H13N3O2S/c12-14(13,8-1-2-10-7-8)11-5-3-9-4-6-11/h1-2,7,9-10H,3-6H2. The number of nitrogens with zero attached hydrogens (tertiary/aromatic N) is 1. The van der Waals surface area contributed by atoms with Gasteiger partial charge in [0.2, 0.25) is 10.0 Å². The molecular weight excluding hydrogens is 202 g/mol. The number of aromatic nitrogens is 1. The van der Waals surface area contributed by atoms with Crippen molar-refractivity contribution in [3.05, 3.63) is 18.5 Å². The molecular formula is C8H13N3O2S. The fourth-order valence-electron chi connectivity index (χ4n) is 1.50. The molecule has 0 amide bonds. The van der Waals surface area contributed by atoms with Crippen LogP contribution in [0.25, 0.3) is 0 Å². The second kappa shape index (κ2) is 3.72. The lowest BCUT2D eigenvalue weighted by Gasteiger charge is -2.25. The Balaban J connectivity index is 2.23. The van der Waals surface area contributed by atoms with Gasteiger partial charge in [-0.1, -0.05) is 0 Å². The summed E-state index contributed by atoms with van der Waals surface area (Å²) in [5.41, 5.74) is 0. The molecule has 1 fully saturated rings. The van der Waals surface area contributed by atoms with Crippen molar-refractivity contribution in [1.29, 1.82) is 0 Å². The molecule has 1 saturated heterocycles. The van der Waals surface area contributed by atoms with Gasteiger partial charge in [-0.2, -0.15) is 4.31 Å². The number of rotatable bonds is 2. The number of H-pyrrole nitrogens is 1. The maximum atomic E-state index is 11.9. The predicted molar refractivity (Wildman–Crippen MR) is 52.4 cm³/mol. The van der Waals surface area contributed by atoms with E-state index in [4.69, 9.17) is 0 Å². The fourth-order valence-corrected chi connectivity index (χ4v) is 2.92. The second-order valence-electron chi connectivity index (χ2n) is 3.20. The Morgan fingerprint density at radius 1 is 1.29 bits per heavy atom. The van der Waals surface area contributed by atoms with E-state index in [2.05, 4.69) is 10.3 Å². The van der Waals surface area contributed by atoms with Crippen LogP contribution in [0.4, 0.5) is 0 Å². The SMILES string of the molecule is O=S(=O)(c1cc[nH]c1)N1CCNCC1. The van der Waals surface area contributed by atoms with E-state index in [1.165, 1.54) is 10.5 Å². The quantitative estimate of drug-likeness (QED) is 0.706. The van der Waals surface area contributed by atoms with Crippen molar-refractivity contribution in [3.63, 3.8) is 0 Å². The highest BCUT2D eigenvalue weighted by atomic mass is 32.2. The first-order valence-electron chi connectivity index (χ1n) is 4.55. The van der Waals surface area contributed by atoms with Crippen LogP contribution in [0, 0.1) is 0 Å². The van der Waals surface area contributed by atoms with E-state index in [1.54, 1.807) is 12.3 Å². The average molecular weight is 215 g/mol. The zero-order chi connectivity index (χ0) is 10.0. The van der Waals surface area contributed by atoms with Gasteiger partial charge in [-0.05, 0) is 6.07 Å². The zero-order valence-corrected chi connectivity index (χ0v) is 8.55. The first-order chi connectivity index (χ1) is 6.71. The molecule has 0 atom stereocenters. The molecule has 0 unspecified atom stereocenters. The molecule has 14 heavy (non-hydrogen) atoms. The molecule has 2 N–H and O–H groups in total. The van der Waals surface area contributed by atoms with Gasteiger partial charge in [-0.15, -0.1) is 0 Å². The Bertz CT molecular complexity index is 379. The van der Waals surface area contributed by atoms with Gasteiger partial charge in [0.1, 0.15) is 0 Å². The van der Waals surface area contributed by atoms with Gasteiger partial charge in [0.15, 0.2) is 0 Å². The van der Waals surface area contributed by atoms with Gasteiger partial charge in [-0.25, -0.2) is 8.42 Å². The number of hydrogen-bond acceptors (Lipinski definition) is 3. The second-order valence-corrected chi connectivity index (χ2v) is 5.14. The third kappa shape index (κ3) is 1.68. The largest absolute Gasteiger partial charge is 0.366 e. The molecule has 0 bridgehead atoms. The fraction of sp³-hybridized carbons (Fsp3) is 0.500. The third-order valence-electron chi connectivity index (χ3n) is 2.28. The number of piperazine rings is 1. The average Bonchev–Trinajstić information content (AvgIpc) is 2.72. The van der Waals surface area contributed by atoms with Crippen molar-refractivity contribution in [2.24, 2.45) is 0 Å². The number of hydrogen-bond donors (Lipinski definition) is 2. The summed E-state index contributed by atoms with van der Waals surface area (Å²) in [6.45, 7) is 2.55. The Morgan fingerprint density at radius 3 is 2.57 bits per heavy atom. The van der Waals surface area contributed by atoms with Crippen LogP contribution >= 0.6 is 0 Å². The van der Waals surface area contributed by atoms with Crippen LogP contribution in [0.3, 0.4) is 0 Å². The van der Waals surface area contributed by atoms with Crippen LogP contribution in [-0.4, -0.2) is 43.9 Å². The van der Waals surface area contributed by atoms with Crippen molar-refractivity contribution in [3.8, 4) is 0 Å². The number of nitrogens with one attached hydrogen (secondary N) is 2. The predicted octanol–water partition coefficient (Wildman–Crippen LogP) is -0.391. The molecule has 0 aliphatic carbocycles. The summed E-state index contributed by atoms with van der Waals surface area (Å²) in [7, 11) is -3.26. The maximum absolute atomic E-state index is 11.9. The van der Waals surface area contributed by atoms with Crippen LogP contribution in [0.1, 0.15) is 0 Å². The Morgan fingerprint density at radius 2 is 2.00 bits per heavy atom. The first kappa shape index (κ1) is 9.70. The monoisotopic (exact) mass is 215 g/mol. The van der Waals surface area contributed by atoms with Gasteiger partial charge in [-0.3, -0.25) is 0 Å². The third-order valence-corrected chi connectivity index (χ3v) is 4.18. The molecule has 0 saturated carbocycles. The van der Waals surface area contributed by atoms with E-state index in [0.717, 1.165) is 13.1 Å². The van der Waals surface area contributed by atoms with Gasteiger partial charge in [0, 0.05) is 38.6 Å². The Hall–Kier alpha value is -0.850. The van der Waals surface area contributed by atoms with E-state index < -0.39 is 10.0 Å². The van der Waals surface area contributed by atoms with Crippen molar-refractivity contribution >= 4 is 10.0 Å². The minimum Gasteiger partial charge on any atom is -0.366 e. The van der Waals surface area contributed by atoms with E-state index in [-0.39, 0.29) is 0 Å². The molecule has 0 spiro atoms. The molecule has 5 nitrogen and oxygen atoms in total. The van der Waals surface area contributed by atoms with Gasteiger partial charge in [0.05, 0.1) is 4.90 Å². The van der Waals surface area contributed by atoms with Crippen LogP contribution in [-0.2, 0) is 10.0 Å². The van der Waals surface area contributed by atoms with Crippen molar-refractivity contribution in [1.82, 2.24) is 14.6 Å². The summed E-state index contributed by atoms with van der Waals surface area (Å²) in [6.07, 6.45) is 3.13. The van der Waals surface area contributed by atoms with Crippen LogP contribution in [0.2, 0.25) is 0 Å². The summed E-state index contributed by atoms with van der Waals surface area (Å²) in [6, 6.07) is 1.58. The highest BCUT2D eigenvalue weighted by Gasteiger charge is 2.25. The normalized spacial score (nSPS) is 19.7. The lowest BCUT2D eigenvalue weighted by molar-refractivity contribution is 0.360. The molecule has 2 rings (SSSR count). The summed E-state index contributed by atoms with van der Waals surface area (Å²) in [5.74, 6) is 0. The summed E-state index contributed by atoms with van der Waals surface area (Å²) in [4.78, 5) is 3.10. The summed E-state index contributed by atoms with van der Waals surface area (Å²) >= 11 is 0. The number of aromatic amines is 1.